The number of hydrogen-bond donors (Lipinski definition) is 1. The second kappa shape index (κ2) is 4.78. The molecule has 2 aliphatic heterocycles. The molecular weight excluding hydrogens is 212 g/mol. The molecular formula is C13H22N4. The first kappa shape index (κ1) is 11.2. The molecule has 3 heterocycles. The van der Waals surface area contributed by atoms with E-state index >= 15 is 0 Å². The van der Waals surface area contributed by atoms with Gasteiger partial charge < -0.3 is 9.88 Å². The third kappa shape index (κ3) is 2.53. The Morgan fingerprint density at radius 1 is 1.35 bits per heavy atom. The summed E-state index contributed by atoms with van der Waals surface area (Å²) in [5, 5.41) is 3.44. The van der Waals surface area contributed by atoms with Crippen LogP contribution in [-0.4, -0.2) is 40.6 Å². The smallest absolute Gasteiger partial charge is 0.123 e. The minimum Gasteiger partial charge on any atom is -0.332 e. The molecule has 0 spiro atoms. The van der Waals surface area contributed by atoms with Gasteiger partial charge in [0.2, 0.25) is 0 Å². The second-order valence-corrected chi connectivity index (χ2v) is 5.42. The van der Waals surface area contributed by atoms with Crippen molar-refractivity contribution in [2.45, 2.75) is 32.9 Å². The van der Waals surface area contributed by atoms with E-state index in [0.29, 0.717) is 0 Å². The summed E-state index contributed by atoms with van der Waals surface area (Å²) in [6, 6.07) is 0. The number of nitrogens with zero attached hydrogens (tertiary/aromatic N) is 3. The van der Waals surface area contributed by atoms with Crippen LogP contribution < -0.4 is 5.32 Å². The standard InChI is InChI=1S/C13H22N4/c1-11-8-17-7-6-16(10-13(17)15-11)9-12-2-4-14-5-3-12/h8,12,14H,2-7,9-10H2,1H3. The summed E-state index contributed by atoms with van der Waals surface area (Å²) in [6.45, 7) is 9.08. The Morgan fingerprint density at radius 2 is 2.18 bits per heavy atom. The molecule has 1 fully saturated rings. The summed E-state index contributed by atoms with van der Waals surface area (Å²) < 4.78 is 2.31. The minimum absolute atomic E-state index is 0.888. The third-order valence-electron chi connectivity index (χ3n) is 3.98. The maximum Gasteiger partial charge on any atom is 0.123 e. The number of hydrogen-bond acceptors (Lipinski definition) is 3. The van der Waals surface area contributed by atoms with E-state index in [4.69, 9.17) is 0 Å². The van der Waals surface area contributed by atoms with Crippen LogP contribution in [0.4, 0.5) is 0 Å². The number of nitrogens with one attached hydrogen (secondary N) is 1. The van der Waals surface area contributed by atoms with E-state index in [1.54, 1.807) is 0 Å². The molecule has 0 amide bonds. The van der Waals surface area contributed by atoms with Crippen LogP contribution in [0.1, 0.15) is 24.4 Å². The van der Waals surface area contributed by atoms with Gasteiger partial charge in [0.25, 0.3) is 0 Å². The van der Waals surface area contributed by atoms with Crippen LogP contribution in [0.5, 0.6) is 0 Å². The highest BCUT2D eigenvalue weighted by Crippen LogP contribution is 2.18. The Bertz CT molecular complexity index is 379. The molecule has 0 saturated carbocycles. The Balaban J connectivity index is 1.59. The molecule has 1 saturated heterocycles. The minimum atomic E-state index is 0.888. The molecule has 1 N–H and O–H groups in total. The van der Waals surface area contributed by atoms with E-state index in [0.717, 1.165) is 24.7 Å². The van der Waals surface area contributed by atoms with Crippen LogP contribution in [0.15, 0.2) is 6.20 Å². The first-order valence-corrected chi connectivity index (χ1v) is 6.77. The van der Waals surface area contributed by atoms with Crippen molar-refractivity contribution in [3.63, 3.8) is 0 Å². The number of rotatable bonds is 2. The van der Waals surface area contributed by atoms with Crippen molar-refractivity contribution in [1.29, 1.82) is 0 Å². The molecule has 0 radical (unpaired) electrons. The van der Waals surface area contributed by atoms with Gasteiger partial charge in [0.05, 0.1) is 12.2 Å². The van der Waals surface area contributed by atoms with Crippen LogP contribution >= 0.6 is 0 Å². The largest absolute Gasteiger partial charge is 0.332 e. The van der Waals surface area contributed by atoms with E-state index in [2.05, 4.69) is 32.9 Å². The van der Waals surface area contributed by atoms with Gasteiger partial charge in [0.1, 0.15) is 5.82 Å². The van der Waals surface area contributed by atoms with Crippen molar-refractivity contribution < 1.29 is 0 Å². The highest BCUT2D eigenvalue weighted by Gasteiger charge is 2.21. The maximum atomic E-state index is 4.60. The average molecular weight is 234 g/mol. The SMILES string of the molecule is Cc1cn2c(n1)CN(CC1CCNCC1)CC2. The summed E-state index contributed by atoms with van der Waals surface area (Å²) >= 11 is 0. The summed E-state index contributed by atoms with van der Waals surface area (Å²) in [4.78, 5) is 7.18. The van der Waals surface area contributed by atoms with Gasteiger partial charge in [-0.15, -0.1) is 0 Å². The van der Waals surface area contributed by atoms with E-state index in [1.165, 1.54) is 44.8 Å². The monoisotopic (exact) mass is 234 g/mol. The molecule has 3 rings (SSSR count). The Morgan fingerprint density at radius 3 is 3.00 bits per heavy atom. The van der Waals surface area contributed by atoms with Crippen LogP contribution in [0.2, 0.25) is 0 Å². The molecule has 0 atom stereocenters. The van der Waals surface area contributed by atoms with Gasteiger partial charge in [0.15, 0.2) is 0 Å². The number of aromatic nitrogens is 2. The van der Waals surface area contributed by atoms with Crippen molar-refractivity contribution in [1.82, 2.24) is 19.8 Å². The molecule has 2 aliphatic rings. The fourth-order valence-electron chi connectivity index (χ4n) is 3.03. The quantitative estimate of drug-likeness (QED) is 0.829. The van der Waals surface area contributed by atoms with Crippen molar-refractivity contribution in [3.8, 4) is 0 Å². The van der Waals surface area contributed by atoms with Crippen molar-refractivity contribution in [2.24, 2.45) is 5.92 Å². The van der Waals surface area contributed by atoms with Crippen molar-refractivity contribution in [3.05, 3.63) is 17.7 Å². The number of piperidine rings is 1. The number of aryl methyl sites for hydroxylation is 1. The lowest BCUT2D eigenvalue weighted by atomic mass is 9.97. The van der Waals surface area contributed by atoms with Crippen molar-refractivity contribution >= 4 is 0 Å². The zero-order valence-electron chi connectivity index (χ0n) is 10.7. The normalized spacial score (nSPS) is 22.6. The number of imidazole rings is 1. The van der Waals surface area contributed by atoms with Gasteiger partial charge in [0, 0.05) is 25.8 Å². The van der Waals surface area contributed by atoms with E-state index in [-0.39, 0.29) is 0 Å². The van der Waals surface area contributed by atoms with Gasteiger partial charge in [-0.3, -0.25) is 4.90 Å². The summed E-state index contributed by atoms with van der Waals surface area (Å²) in [7, 11) is 0. The maximum absolute atomic E-state index is 4.60. The highest BCUT2D eigenvalue weighted by molar-refractivity contribution is 5.04. The molecule has 1 aromatic rings. The molecule has 4 heteroatoms. The first-order valence-electron chi connectivity index (χ1n) is 6.77. The predicted octanol–water partition coefficient (Wildman–Crippen LogP) is 1.01. The Labute approximate surface area is 103 Å². The lowest BCUT2D eigenvalue weighted by molar-refractivity contribution is 0.168. The fraction of sp³-hybridized carbons (Fsp3) is 0.769. The summed E-state index contributed by atoms with van der Waals surface area (Å²) in [6.07, 6.45) is 4.85. The first-order chi connectivity index (χ1) is 8.31. The fourth-order valence-corrected chi connectivity index (χ4v) is 3.03. The topological polar surface area (TPSA) is 33.1 Å². The molecule has 0 aliphatic carbocycles. The summed E-state index contributed by atoms with van der Waals surface area (Å²) in [5.41, 5.74) is 1.16. The molecule has 4 nitrogen and oxygen atoms in total. The lowest BCUT2D eigenvalue weighted by Gasteiger charge is -2.32. The van der Waals surface area contributed by atoms with Gasteiger partial charge >= 0.3 is 0 Å². The molecule has 0 unspecified atom stereocenters. The van der Waals surface area contributed by atoms with Crippen LogP contribution in [0, 0.1) is 12.8 Å². The Hall–Kier alpha value is -0.870. The van der Waals surface area contributed by atoms with Crippen LogP contribution in [0.3, 0.4) is 0 Å². The number of fused-ring (bicyclic) bond motifs is 1. The molecule has 1 aromatic heterocycles. The molecule has 17 heavy (non-hydrogen) atoms. The summed E-state index contributed by atoms with van der Waals surface area (Å²) in [5.74, 6) is 2.14. The molecule has 0 bridgehead atoms. The van der Waals surface area contributed by atoms with E-state index < -0.39 is 0 Å². The van der Waals surface area contributed by atoms with E-state index in [1.807, 2.05) is 0 Å². The highest BCUT2D eigenvalue weighted by atomic mass is 15.2. The van der Waals surface area contributed by atoms with Crippen LogP contribution in [-0.2, 0) is 13.1 Å². The zero-order valence-corrected chi connectivity index (χ0v) is 10.7. The second-order valence-electron chi connectivity index (χ2n) is 5.42. The lowest BCUT2D eigenvalue weighted by Crippen LogP contribution is -2.40. The Kier molecular flexibility index (Phi) is 3.16. The zero-order chi connectivity index (χ0) is 11.7. The average Bonchev–Trinajstić information content (AvgIpc) is 2.70. The van der Waals surface area contributed by atoms with Gasteiger partial charge in [-0.25, -0.2) is 4.98 Å². The third-order valence-corrected chi connectivity index (χ3v) is 3.98. The molecule has 0 aromatic carbocycles. The van der Waals surface area contributed by atoms with Gasteiger partial charge in [-0.05, 0) is 38.8 Å². The van der Waals surface area contributed by atoms with Gasteiger partial charge in [-0.1, -0.05) is 0 Å². The van der Waals surface area contributed by atoms with Gasteiger partial charge in [-0.2, -0.15) is 0 Å². The predicted molar refractivity (Wildman–Crippen MR) is 67.8 cm³/mol. The van der Waals surface area contributed by atoms with E-state index in [9.17, 15) is 0 Å². The van der Waals surface area contributed by atoms with Crippen molar-refractivity contribution in [2.75, 3.05) is 26.2 Å². The molecule has 94 valence electrons. The van der Waals surface area contributed by atoms with Crippen LogP contribution in [0.25, 0.3) is 0 Å².